The van der Waals surface area contributed by atoms with Gasteiger partial charge in [-0.3, -0.25) is 0 Å². The molecular weight excluding hydrogens is 192 g/mol. The van der Waals surface area contributed by atoms with Crippen molar-refractivity contribution in [2.75, 3.05) is 0 Å². The Morgan fingerprint density at radius 1 is 1.29 bits per heavy atom. The van der Waals surface area contributed by atoms with Crippen molar-refractivity contribution in [2.24, 2.45) is 0 Å². The van der Waals surface area contributed by atoms with Gasteiger partial charge in [-0.15, -0.1) is 0 Å². The third-order valence-corrected chi connectivity index (χ3v) is 2.20. The standard InChI is InChI=1S/C13H15Cl/c1-2-3-4-5-6-8-12-9-7-10-13(14)11-12/h7,9-11H,2-5H2,1H3. The van der Waals surface area contributed by atoms with Crippen LogP contribution in [0.5, 0.6) is 0 Å². The molecule has 0 heterocycles. The quantitative estimate of drug-likeness (QED) is 0.512. The Hall–Kier alpha value is -0.930. The molecule has 0 nitrogen and oxygen atoms in total. The Bertz CT molecular complexity index is 331. The van der Waals surface area contributed by atoms with E-state index in [1.165, 1.54) is 19.3 Å². The van der Waals surface area contributed by atoms with Crippen LogP contribution in [0.1, 0.15) is 38.2 Å². The number of unbranched alkanes of at least 4 members (excludes halogenated alkanes) is 3. The Labute approximate surface area is 91.3 Å². The number of rotatable bonds is 3. The second kappa shape index (κ2) is 6.51. The van der Waals surface area contributed by atoms with Gasteiger partial charge >= 0.3 is 0 Å². The fraction of sp³-hybridized carbons (Fsp3) is 0.385. The molecule has 1 aromatic rings. The van der Waals surface area contributed by atoms with Crippen molar-refractivity contribution in [3.8, 4) is 11.8 Å². The molecule has 0 amide bonds. The van der Waals surface area contributed by atoms with Crippen LogP contribution in [-0.2, 0) is 0 Å². The maximum absolute atomic E-state index is 5.84. The lowest BCUT2D eigenvalue weighted by molar-refractivity contribution is 0.737. The zero-order valence-corrected chi connectivity index (χ0v) is 9.27. The highest BCUT2D eigenvalue weighted by Crippen LogP contribution is 2.09. The van der Waals surface area contributed by atoms with Gasteiger partial charge in [-0.25, -0.2) is 0 Å². The molecule has 0 fully saturated rings. The largest absolute Gasteiger partial charge is 0.0979 e. The third kappa shape index (κ3) is 4.35. The summed E-state index contributed by atoms with van der Waals surface area (Å²) < 4.78 is 0. The Morgan fingerprint density at radius 2 is 2.14 bits per heavy atom. The molecule has 0 aliphatic carbocycles. The van der Waals surface area contributed by atoms with Gasteiger partial charge in [-0.1, -0.05) is 49.3 Å². The van der Waals surface area contributed by atoms with Crippen LogP contribution in [0, 0.1) is 11.8 Å². The molecule has 0 saturated heterocycles. The number of halogens is 1. The van der Waals surface area contributed by atoms with E-state index in [1.807, 2.05) is 24.3 Å². The van der Waals surface area contributed by atoms with Gasteiger partial charge in [0.1, 0.15) is 0 Å². The van der Waals surface area contributed by atoms with Crippen molar-refractivity contribution in [1.82, 2.24) is 0 Å². The fourth-order valence-corrected chi connectivity index (χ4v) is 1.38. The molecule has 0 aromatic heterocycles. The predicted octanol–water partition coefficient (Wildman–Crippen LogP) is 4.27. The van der Waals surface area contributed by atoms with Gasteiger partial charge in [0.15, 0.2) is 0 Å². The van der Waals surface area contributed by atoms with Gasteiger partial charge in [0, 0.05) is 17.0 Å². The summed E-state index contributed by atoms with van der Waals surface area (Å²) in [5.41, 5.74) is 1.01. The molecule has 0 aliphatic rings. The van der Waals surface area contributed by atoms with E-state index < -0.39 is 0 Å². The van der Waals surface area contributed by atoms with Crippen LogP contribution in [0.4, 0.5) is 0 Å². The van der Waals surface area contributed by atoms with Crippen LogP contribution in [0.15, 0.2) is 24.3 Å². The predicted molar refractivity (Wildman–Crippen MR) is 62.5 cm³/mol. The van der Waals surface area contributed by atoms with Crippen LogP contribution in [-0.4, -0.2) is 0 Å². The zero-order chi connectivity index (χ0) is 10.2. The minimum atomic E-state index is 0.755. The van der Waals surface area contributed by atoms with Gasteiger partial charge in [0.05, 0.1) is 0 Å². The highest BCUT2D eigenvalue weighted by atomic mass is 35.5. The first-order valence-electron chi connectivity index (χ1n) is 5.07. The lowest BCUT2D eigenvalue weighted by Crippen LogP contribution is -1.74. The van der Waals surface area contributed by atoms with E-state index in [0.717, 1.165) is 17.0 Å². The molecule has 0 unspecified atom stereocenters. The molecule has 0 aliphatic heterocycles. The second-order valence-corrected chi connectivity index (χ2v) is 3.71. The van der Waals surface area contributed by atoms with E-state index in [9.17, 15) is 0 Å². The highest BCUT2D eigenvalue weighted by molar-refractivity contribution is 6.30. The fourth-order valence-electron chi connectivity index (χ4n) is 1.19. The minimum absolute atomic E-state index is 0.755. The van der Waals surface area contributed by atoms with Crippen molar-refractivity contribution >= 4 is 11.6 Å². The third-order valence-electron chi connectivity index (χ3n) is 1.96. The smallest absolute Gasteiger partial charge is 0.0418 e. The van der Waals surface area contributed by atoms with Crippen LogP contribution in [0.3, 0.4) is 0 Å². The molecule has 1 aromatic carbocycles. The van der Waals surface area contributed by atoms with E-state index in [0.29, 0.717) is 0 Å². The van der Waals surface area contributed by atoms with E-state index in [1.54, 1.807) is 0 Å². The highest BCUT2D eigenvalue weighted by Gasteiger charge is 1.87. The molecule has 0 radical (unpaired) electrons. The Kier molecular flexibility index (Phi) is 5.19. The monoisotopic (exact) mass is 206 g/mol. The van der Waals surface area contributed by atoms with Crippen molar-refractivity contribution in [2.45, 2.75) is 32.6 Å². The average Bonchev–Trinajstić information content (AvgIpc) is 2.18. The van der Waals surface area contributed by atoms with Crippen LogP contribution in [0.25, 0.3) is 0 Å². The molecule has 0 spiro atoms. The first-order chi connectivity index (χ1) is 6.83. The Balaban J connectivity index is 2.43. The van der Waals surface area contributed by atoms with Crippen molar-refractivity contribution < 1.29 is 0 Å². The molecule has 1 rings (SSSR count). The summed E-state index contributed by atoms with van der Waals surface area (Å²) in [4.78, 5) is 0. The van der Waals surface area contributed by atoms with E-state index >= 15 is 0 Å². The second-order valence-electron chi connectivity index (χ2n) is 3.27. The maximum atomic E-state index is 5.84. The van der Waals surface area contributed by atoms with Crippen molar-refractivity contribution in [1.29, 1.82) is 0 Å². The molecule has 0 N–H and O–H groups in total. The Morgan fingerprint density at radius 3 is 2.86 bits per heavy atom. The van der Waals surface area contributed by atoms with Gasteiger partial charge in [-0.2, -0.15) is 0 Å². The summed E-state index contributed by atoms with van der Waals surface area (Å²) in [6, 6.07) is 7.68. The van der Waals surface area contributed by atoms with Crippen LogP contribution >= 0.6 is 11.6 Å². The number of hydrogen-bond donors (Lipinski definition) is 0. The van der Waals surface area contributed by atoms with Crippen LogP contribution in [0.2, 0.25) is 5.02 Å². The maximum Gasteiger partial charge on any atom is 0.0418 e. The first-order valence-corrected chi connectivity index (χ1v) is 5.45. The molecule has 1 heteroatoms. The lowest BCUT2D eigenvalue weighted by atomic mass is 10.2. The van der Waals surface area contributed by atoms with Gasteiger partial charge < -0.3 is 0 Å². The molecule has 74 valence electrons. The molecule has 0 saturated carbocycles. The van der Waals surface area contributed by atoms with Gasteiger partial charge in [0.25, 0.3) is 0 Å². The molecule has 0 bridgehead atoms. The summed E-state index contributed by atoms with van der Waals surface area (Å²) in [5, 5.41) is 0.755. The first kappa shape index (κ1) is 11.1. The number of hydrogen-bond acceptors (Lipinski definition) is 0. The summed E-state index contributed by atoms with van der Waals surface area (Å²) in [7, 11) is 0. The molecule has 14 heavy (non-hydrogen) atoms. The van der Waals surface area contributed by atoms with Crippen molar-refractivity contribution in [3.63, 3.8) is 0 Å². The van der Waals surface area contributed by atoms with Crippen molar-refractivity contribution in [3.05, 3.63) is 34.9 Å². The van der Waals surface area contributed by atoms with E-state index in [2.05, 4.69) is 18.8 Å². The SMILES string of the molecule is CCCCCC#Cc1cccc(Cl)c1. The lowest BCUT2D eigenvalue weighted by Gasteiger charge is -1.91. The van der Waals surface area contributed by atoms with E-state index in [4.69, 9.17) is 11.6 Å². The number of benzene rings is 1. The zero-order valence-electron chi connectivity index (χ0n) is 8.52. The van der Waals surface area contributed by atoms with Gasteiger partial charge in [0.2, 0.25) is 0 Å². The summed E-state index contributed by atoms with van der Waals surface area (Å²) in [6.45, 7) is 2.20. The molecular formula is C13H15Cl. The molecule has 0 atom stereocenters. The normalized spacial score (nSPS) is 9.29. The average molecular weight is 207 g/mol. The summed E-state index contributed by atoms with van der Waals surface area (Å²) in [6.07, 6.45) is 4.70. The topological polar surface area (TPSA) is 0 Å². The summed E-state index contributed by atoms with van der Waals surface area (Å²) in [5.74, 6) is 6.26. The van der Waals surface area contributed by atoms with E-state index in [-0.39, 0.29) is 0 Å². The van der Waals surface area contributed by atoms with Gasteiger partial charge in [-0.05, 0) is 24.6 Å². The minimum Gasteiger partial charge on any atom is -0.0979 e. The summed E-state index contributed by atoms with van der Waals surface area (Å²) >= 11 is 5.84. The van der Waals surface area contributed by atoms with Crippen LogP contribution < -0.4 is 0 Å².